The van der Waals surface area contributed by atoms with Crippen LogP contribution in [0.1, 0.15) is 47.0 Å². The minimum atomic E-state index is -0.310. The number of hydrogen-bond acceptors (Lipinski definition) is 5. The maximum Gasteiger partial charge on any atom is 0.262 e. The molecule has 2 aliphatic rings. The molecule has 1 saturated heterocycles. The topological polar surface area (TPSA) is 78.1 Å². The van der Waals surface area contributed by atoms with Crippen LogP contribution in [0, 0.1) is 0 Å². The number of nitrogens with one attached hydrogen (secondary N) is 1. The predicted molar refractivity (Wildman–Crippen MR) is 131 cm³/mol. The molecule has 0 bridgehead atoms. The Morgan fingerprint density at radius 3 is 2.44 bits per heavy atom. The molecule has 0 spiro atoms. The van der Waals surface area contributed by atoms with Crippen molar-refractivity contribution >= 4 is 34.8 Å². The number of furan rings is 1. The molecule has 0 radical (unpaired) electrons. The van der Waals surface area contributed by atoms with Gasteiger partial charge in [0.1, 0.15) is 11.8 Å². The van der Waals surface area contributed by atoms with Crippen molar-refractivity contribution in [3.8, 4) is 0 Å². The predicted octanol–water partition coefficient (Wildman–Crippen LogP) is 4.96. The summed E-state index contributed by atoms with van der Waals surface area (Å²) in [5.41, 5.74) is 3.15. The average molecular weight is 477 g/mol. The molecule has 34 heavy (non-hydrogen) atoms. The van der Waals surface area contributed by atoms with Crippen LogP contribution < -0.4 is 5.32 Å². The summed E-state index contributed by atoms with van der Waals surface area (Å²) in [4.78, 5) is 27.5. The van der Waals surface area contributed by atoms with Gasteiger partial charge >= 0.3 is 0 Å². The second-order valence-corrected chi connectivity index (χ2v) is 8.89. The fourth-order valence-electron chi connectivity index (χ4n) is 4.35. The Hall–Kier alpha value is -3.58. The molecule has 2 aromatic carbocycles. The summed E-state index contributed by atoms with van der Waals surface area (Å²) in [6.45, 7) is 1.70. The molecule has 1 unspecified atom stereocenters. The number of hydrogen-bond donors (Lipinski definition) is 1. The molecule has 5 rings (SSSR count). The van der Waals surface area contributed by atoms with Crippen molar-refractivity contribution in [2.75, 3.05) is 25.0 Å². The van der Waals surface area contributed by atoms with Crippen molar-refractivity contribution in [1.82, 2.24) is 9.91 Å². The van der Waals surface area contributed by atoms with E-state index in [4.69, 9.17) is 16.0 Å². The lowest BCUT2D eigenvalue weighted by molar-refractivity contribution is -0.131. The Balaban J connectivity index is 1.27. The number of likely N-dealkylation sites (tertiary alicyclic amines) is 1. The summed E-state index contributed by atoms with van der Waals surface area (Å²) in [6.07, 6.45) is 4.27. The third-order valence-corrected chi connectivity index (χ3v) is 6.44. The first-order valence-electron chi connectivity index (χ1n) is 11.4. The van der Waals surface area contributed by atoms with E-state index in [2.05, 4.69) is 10.4 Å². The molecule has 1 atom stereocenters. The maximum atomic E-state index is 13.1. The Labute approximate surface area is 203 Å². The number of rotatable bonds is 6. The van der Waals surface area contributed by atoms with E-state index < -0.39 is 0 Å². The molecule has 8 heteroatoms. The summed E-state index contributed by atoms with van der Waals surface area (Å²) in [5.74, 6) is 0.566. The van der Waals surface area contributed by atoms with E-state index in [1.54, 1.807) is 18.4 Å². The van der Waals surface area contributed by atoms with Gasteiger partial charge in [0.15, 0.2) is 0 Å². The molecule has 1 fully saturated rings. The van der Waals surface area contributed by atoms with E-state index in [-0.39, 0.29) is 24.4 Å². The van der Waals surface area contributed by atoms with Crippen LogP contribution in [-0.4, -0.2) is 47.1 Å². The Morgan fingerprint density at radius 2 is 1.76 bits per heavy atom. The van der Waals surface area contributed by atoms with Gasteiger partial charge in [-0.2, -0.15) is 5.10 Å². The van der Waals surface area contributed by atoms with E-state index >= 15 is 0 Å². The van der Waals surface area contributed by atoms with Gasteiger partial charge in [-0.1, -0.05) is 23.7 Å². The van der Waals surface area contributed by atoms with Crippen LogP contribution >= 0.6 is 11.6 Å². The minimum Gasteiger partial charge on any atom is -0.467 e. The van der Waals surface area contributed by atoms with Gasteiger partial charge in [0.25, 0.3) is 11.8 Å². The van der Waals surface area contributed by atoms with Gasteiger partial charge in [0, 0.05) is 35.8 Å². The third kappa shape index (κ3) is 4.70. The molecule has 2 amide bonds. The normalized spacial score (nSPS) is 17.7. The summed E-state index contributed by atoms with van der Waals surface area (Å²) in [7, 11) is 0. The number of hydrazone groups is 1. The van der Waals surface area contributed by atoms with Crippen molar-refractivity contribution in [2.45, 2.75) is 25.3 Å². The van der Waals surface area contributed by atoms with Gasteiger partial charge in [-0.25, -0.2) is 5.01 Å². The number of carbonyl (C=O) groups excluding carboxylic acids is 2. The molecule has 1 N–H and O–H groups in total. The van der Waals surface area contributed by atoms with Crippen LogP contribution in [0.5, 0.6) is 0 Å². The number of halogens is 1. The minimum absolute atomic E-state index is 0.0579. The molecule has 0 aliphatic carbocycles. The molecular weight excluding hydrogens is 452 g/mol. The van der Waals surface area contributed by atoms with E-state index in [1.807, 2.05) is 53.4 Å². The molecule has 3 aromatic rings. The third-order valence-electron chi connectivity index (χ3n) is 6.18. The largest absolute Gasteiger partial charge is 0.467 e. The lowest BCUT2D eigenvalue weighted by atomic mass is 10.0. The van der Waals surface area contributed by atoms with Crippen molar-refractivity contribution in [1.29, 1.82) is 0 Å². The second-order valence-electron chi connectivity index (χ2n) is 8.46. The van der Waals surface area contributed by atoms with Gasteiger partial charge in [0.2, 0.25) is 0 Å². The zero-order valence-electron chi connectivity index (χ0n) is 18.6. The molecule has 1 aromatic heterocycles. The standard InChI is InChI=1S/C26H25ClN4O3/c27-20-9-5-18(6-10-20)22-16-23(24-4-3-15-34-24)31(29-22)25(32)17-28-21-11-7-19(8-12-21)26(33)30-13-1-2-14-30/h3-12,15,23,28H,1-2,13-14,16-17H2. The Kier molecular flexibility index (Phi) is 6.36. The zero-order chi connectivity index (χ0) is 23.5. The highest BCUT2D eigenvalue weighted by molar-refractivity contribution is 6.30. The zero-order valence-corrected chi connectivity index (χ0v) is 19.4. The molecule has 2 aliphatic heterocycles. The first kappa shape index (κ1) is 22.2. The molecule has 174 valence electrons. The smallest absolute Gasteiger partial charge is 0.262 e. The summed E-state index contributed by atoms with van der Waals surface area (Å²) in [6, 6.07) is 18.0. The first-order valence-corrected chi connectivity index (χ1v) is 11.8. The second kappa shape index (κ2) is 9.73. The monoisotopic (exact) mass is 476 g/mol. The van der Waals surface area contributed by atoms with Gasteiger partial charge in [-0.05, 0) is 66.9 Å². The van der Waals surface area contributed by atoms with Crippen LogP contribution in [0.2, 0.25) is 5.02 Å². The molecular formula is C26H25ClN4O3. The van der Waals surface area contributed by atoms with Gasteiger partial charge in [-0.3, -0.25) is 9.59 Å². The lowest BCUT2D eigenvalue weighted by Gasteiger charge is -2.20. The molecule has 7 nitrogen and oxygen atoms in total. The van der Waals surface area contributed by atoms with Gasteiger partial charge in [-0.15, -0.1) is 0 Å². The quantitative estimate of drug-likeness (QED) is 0.545. The number of anilines is 1. The van der Waals surface area contributed by atoms with E-state index in [0.717, 1.165) is 42.9 Å². The summed E-state index contributed by atoms with van der Waals surface area (Å²) in [5, 5.41) is 9.91. The van der Waals surface area contributed by atoms with E-state index in [1.165, 1.54) is 5.01 Å². The van der Waals surface area contributed by atoms with Crippen LogP contribution in [0.3, 0.4) is 0 Å². The van der Waals surface area contributed by atoms with Gasteiger partial charge in [0.05, 0.1) is 18.5 Å². The molecule has 0 saturated carbocycles. The average Bonchev–Trinajstić information content (AvgIpc) is 3.64. The fraction of sp³-hybridized carbons (Fsp3) is 0.269. The van der Waals surface area contributed by atoms with E-state index in [0.29, 0.717) is 22.8 Å². The fourth-order valence-corrected chi connectivity index (χ4v) is 4.48. The van der Waals surface area contributed by atoms with Crippen LogP contribution in [0.4, 0.5) is 5.69 Å². The highest BCUT2D eigenvalue weighted by Crippen LogP contribution is 2.33. The summed E-state index contributed by atoms with van der Waals surface area (Å²) < 4.78 is 5.60. The highest BCUT2D eigenvalue weighted by atomic mass is 35.5. The summed E-state index contributed by atoms with van der Waals surface area (Å²) >= 11 is 6.02. The Bertz CT molecular complexity index is 1180. The van der Waals surface area contributed by atoms with Crippen LogP contribution in [0.15, 0.2) is 76.4 Å². The molecule has 3 heterocycles. The van der Waals surface area contributed by atoms with Crippen LogP contribution in [0.25, 0.3) is 0 Å². The first-order chi connectivity index (χ1) is 16.6. The number of amides is 2. The van der Waals surface area contributed by atoms with E-state index in [9.17, 15) is 9.59 Å². The van der Waals surface area contributed by atoms with Crippen molar-refractivity contribution in [3.05, 3.63) is 88.8 Å². The lowest BCUT2D eigenvalue weighted by Crippen LogP contribution is -2.32. The SMILES string of the molecule is O=C(c1ccc(NCC(=O)N2N=C(c3ccc(Cl)cc3)CC2c2ccco2)cc1)N1CCCC1. The maximum absolute atomic E-state index is 13.1. The number of carbonyl (C=O) groups is 2. The van der Waals surface area contributed by atoms with Crippen molar-refractivity contribution in [2.24, 2.45) is 5.10 Å². The van der Waals surface area contributed by atoms with Crippen molar-refractivity contribution < 1.29 is 14.0 Å². The Morgan fingerprint density at radius 1 is 1.03 bits per heavy atom. The van der Waals surface area contributed by atoms with Gasteiger partial charge < -0.3 is 14.6 Å². The number of benzene rings is 2. The van der Waals surface area contributed by atoms with Crippen LogP contribution in [-0.2, 0) is 4.79 Å². The number of nitrogens with zero attached hydrogens (tertiary/aromatic N) is 3. The van der Waals surface area contributed by atoms with Crippen molar-refractivity contribution in [3.63, 3.8) is 0 Å². The highest BCUT2D eigenvalue weighted by Gasteiger charge is 2.34.